The Hall–Kier alpha value is -1.79. The summed E-state index contributed by atoms with van der Waals surface area (Å²) >= 11 is 0. The number of benzene rings is 1. The van der Waals surface area contributed by atoms with Crippen molar-refractivity contribution in [1.82, 2.24) is 5.32 Å². The Morgan fingerprint density at radius 1 is 1.43 bits per heavy atom. The third kappa shape index (κ3) is 4.09. The van der Waals surface area contributed by atoms with E-state index in [4.69, 9.17) is 14.2 Å². The van der Waals surface area contributed by atoms with Crippen molar-refractivity contribution in [2.45, 2.75) is 26.0 Å². The van der Waals surface area contributed by atoms with E-state index in [-0.39, 0.29) is 18.2 Å². The first-order valence-corrected chi connectivity index (χ1v) is 7.05. The molecule has 0 aliphatic carbocycles. The minimum absolute atomic E-state index is 0.0895. The Kier molecular flexibility index (Phi) is 5.41. The average molecular weight is 294 g/mol. The summed E-state index contributed by atoms with van der Waals surface area (Å²) in [5.74, 6) is 0.740. The molecule has 0 aromatic heterocycles. The van der Waals surface area contributed by atoms with Gasteiger partial charge in [0.2, 0.25) is 0 Å². The highest BCUT2D eigenvalue weighted by Crippen LogP contribution is 2.22. The topological polar surface area (TPSA) is 68.8 Å². The molecule has 116 valence electrons. The molecule has 0 spiro atoms. The van der Waals surface area contributed by atoms with Crippen molar-refractivity contribution in [1.29, 1.82) is 0 Å². The SMILES string of the molecule is CCO[C@@H]1COC[C@H]1NC(=O)Nc1ccc(C)c(OC)c1. The van der Waals surface area contributed by atoms with Gasteiger partial charge >= 0.3 is 6.03 Å². The summed E-state index contributed by atoms with van der Waals surface area (Å²) in [6.07, 6.45) is -0.0895. The molecular formula is C15H22N2O4. The van der Waals surface area contributed by atoms with Crippen LogP contribution in [0.3, 0.4) is 0 Å². The summed E-state index contributed by atoms with van der Waals surface area (Å²) in [7, 11) is 1.61. The zero-order valence-corrected chi connectivity index (χ0v) is 12.6. The summed E-state index contributed by atoms with van der Waals surface area (Å²) < 4.78 is 16.1. The van der Waals surface area contributed by atoms with Crippen molar-refractivity contribution >= 4 is 11.7 Å². The summed E-state index contributed by atoms with van der Waals surface area (Å²) in [4.78, 5) is 12.0. The zero-order chi connectivity index (χ0) is 15.2. The van der Waals surface area contributed by atoms with Gasteiger partial charge in [0.15, 0.2) is 0 Å². The fourth-order valence-corrected chi connectivity index (χ4v) is 2.28. The predicted octanol–water partition coefficient (Wildman–Crippen LogP) is 1.93. The van der Waals surface area contributed by atoms with E-state index in [9.17, 15) is 4.79 Å². The summed E-state index contributed by atoms with van der Waals surface area (Å²) in [6, 6.07) is 5.12. The number of anilines is 1. The summed E-state index contributed by atoms with van der Waals surface area (Å²) in [5, 5.41) is 5.67. The van der Waals surface area contributed by atoms with Crippen molar-refractivity contribution in [3.63, 3.8) is 0 Å². The van der Waals surface area contributed by atoms with E-state index in [2.05, 4.69) is 10.6 Å². The van der Waals surface area contributed by atoms with Crippen LogP contribution in [0.4, 0.5) is 10.5 Å². The lowest BCUT2D eigenvalue weighted by Gasteiger charge is -2.19. The maximum atomic E-state index is 12.0. The molecule has 1 aliphatic heterocycles. The van der Waals surface area contributed by atoms with Gasteiger partial charge in [-0.05, 0) is 25.5 Å². The first-order chi connectivity index (χ1) is 10.1. The molecule has 2 rings (SSSR count). The molecule has 6 heteroatoms. The lowest BCUT2D eigenvalue weighted by molar-refractivity contribution is 0.0428. The van der Waals surface area contributed by atoms with Crippen LogP contribution in [0.1, 0.15) is 12.5 Å². The maximum Gasteiger partial charge on any atom is 0.319 e. The van der Waals surface area contributed by atoms with Crippen LogP contribution in [-0.2, 0) is 9.47 Å². The highest BCUT2D eigenvalue weighted by atomic mass is 16.5. The molecule has 1 aromatic carbocycles. The van der Waals surface area contributed by atoms with Crippen LogP contribution in [0.5, 0.6) is 5.75 Å². The normalized spacial score (nSPS) is 21.1. The van der Waals surface area contributed by atoms with Crippen LogP contribution in [0.15, 0.2) is 18.2 Å². The average Bonchev–Trinajstić information content (AvgIpc) is 2.88. The third-order valence-electron chi connectivity index (χ3n) is 3.39. The molecule has 0 bridgehead atoms. The molecule has 0 unspecified atom stereocenters. The molecular weight excluding hydrogens is 272 g/mol. The van der Waals surface area contributed by atoms with Crippen molar-refractivity contribution in [2.75, 3.05) is 32.2 Å². The monoisotopic (exact) mass is 294 g/mol. The van der Waals surface area contributed by atoms with Gasteiger partial charge in [-0.15, -0.1) is 0 Å². The van der Waals surface area contributed by atoms with Crippen molar-refractivity contribution < 1.29 is 19.0 Å². The smallest absolute Gasteiger partial charge is 0.319 e. The van der Waals surface area contributed by atoms with Gasteiger partial charge in [-0.2, -0.15) is 0 Å². The van der Waals surface area contributed by atoms with E-state index in [1.54, 1.807) is 13.2 Å². The lowest BCUT2D eigenvalue weighted by atomic mass is 10.2. The van der Waals surface area contributed by atoms with Crippen LogP contribution >= 0.6 is 0 Å². The number of aryl methyl sites for hydroxylation is 1. The van der Waals surface area contributed by atoms with E-state index in [0.717, 1.165) is 11.3 Å². The van der Waals surface area contributed by atoms with E-state index in [0.29, 0.717) is 25.5 Å². The van der Waals surface area contributed by atoms with E-state index in [1.807, 2.05) is 26.0 Å². The third-order valence-corrected chi connectivity index (χ3v) is 3.39. The Bertz CT molecular complexity index is 493. The molecule has 21 heavy (non-hydrogen) atoms. The van der Waals surface area contributed by atoms with Crippen LogP contribution in [0.2, 0.25) is 0 Å². The van der Waals surface area contributed by atoms with Gasteiger partial charge in [0.1, 0.15) is 11.9 Å². The number of nitrogens with one attached hydrogen (secondary N) is 2. The molecule has 2 N–H and O–H groups in total. The molecule has 0 saturated carbocycles. The van der Waals surface area contributed by atoms with Gasteiger partial charge in [-0.1, -0.05) is 6.07 Å². The Labute approximate surface area is 124 Å². The number of urea groups is 1. The van der Waals surface area contributed by atoms with Gasteiger partial charge in [-0.3, -0.25) is 0 Å². The lowest BCUT2D eigenvalue weighted by Crippen LogP contribution is -2.45. The first kappa shape index (κ1) is 15.6. The van der Waals surface area contributed by atoms with Crippen LogP contribution < -0.4 is 15.4 Å². The number of carbonyl (C=O) groups excluding carboxylic acids is 1. The highest BCUT2D eigenvalue weighted by Gasteiger charge is 2.30. The van der Waals surface area contributed by atoms with Crippen molar-refractivity contribution in [3.05, 3.63) is 23.8 Å². The molecule has 1 fully saturated rings. The van der Waals surface area contributed by atoms with Gasteiger partial charge in [0, 0.05) is 18.4 Å². The summed E-state index contributed by atoms with van der Waals surface area (Å²) in [6.45, 7) is 5.45. The van der Waals surface area contributed by atoms with Gasteiger partial charge in [0.25, 0.3) is 0 Å². The molecule has 1 heterocycles. The second kappa shape index (κ2) is 7.28. The maximum absolute atomic E-state index is 12.0. The molecule has 6 nitrogen and oxygen atoms in total. The van der Waals surface area contributed by atoms with Gasteiger partial charge < -0.3 is 24.8 Å². The van der Waals surface area contributed by atoms with E-state index >= 15 is 0 Å². The van der Waals surface area contributed by atoms with Gasteiger partial charge in [-0.25, -0.2) is 4.79 Å². The molecule has 0 radical (unpaired) electrons. The minimum atomic E-state index is -0.277. The number of methoxy groups -OCH3 is 1. The Balaban J connectivity index is 1.92. The predicted molar refractivity (Wildman–Crippen MR) is 79.9 cm³/mol. The standard InChI is InChI=1S/C15H22N2O4/c1-4-21-14-9-20-8-12(14)17-15(18)16-11-6-5-10(2)13(7-11)19-3/h5-7,12,14H,4,8-9H2,1-3H3,(H2,16,17,18)/t12-,14-/m1/s1. The number of ether oxygens (including phenoxy) is 3. The van der Waals surface area contributed by atoms with E-state index < -0.39 is 0 Å². The molecule has 1 aliphatic rings. The Morgan fingerprint density at radius 2 is 2.24 bits per heavy atom. The highest BCUT2D eigenvalue weighted by molar-refractivity contribution is 5.89. The number of hydrogen-bond acceptors (Lipinski definition) is 4. The molecule has 2 atom stereocenters. The molecule has 1 aromatic rings. The number of carbonyl (C=O) groups is 1. The number of hydrogen-bond donors (Lipinski definition) is 2. The number of amides is 2. The Morgan fingerprint density at radius 3 is 2.95 bits per heavy atom. The largest absolute Gasteiger partial charge is 0.496 e. The second-order valence-corrected chi connectivity index (χ2v) is 4.92. The second-order valence-electron chi connectivity index (χ2n) is 4.92. The zero-order valence-electron chi connectivity index (χ0n) is 12.6. The van der Waals surface area contributed by atoms with Crippen LogP contribution in [0.25, 0.3) is 0 Å². The quantitative estimate of drug-likeness (QED) is 0.870. The van der Waals surface area contributed by atoms with Crippen LogP contribution in [-0.4, -0.2) is 45.1 Å². The molecule has 1 saturated heterocycles. The molecule has 2 amide bonds. The number of rotatable bonds is 5. The minimum Gasteiger partial charge on any atom is -0.496 e. The van der Waals surface area contributed by atoms with Crippen LogP contribution in [0, 0.1) is 6.92 Å². The summed E-state index contributed by atoms with van der Waals surface area (Å²) in [5.41, 5.74) is 1.70. The van der Waals surface area contributed by atoms with Crippen molar-refractivity contribution in [2.24, 2.45) is 0 Å². The van der Waals surface area contributed by atoms with Gasteiger partial charge in [0.05, 0.1) is 26.4 Å². The first-order valence-electron chi connectivity index (χ1n) is 7.05. The van der Waals surface area contributed by atoms with E-state index in [1.165, 1.54) is 0 Å². The fourth-order valence-electron chi connectivity index (χ4n) is 2.28. The fraction of sp³-hybridized carbons (Fsp3) is 0.533. The van der Waals surface area contributed by atoms with Crippen molar-refractivity contribution in [3.8, 4) is 5.75 Å².